The molecule has 2 aromatic rings. The Bertz CT molecular complexity index is 1200. The van der Waals surface area contributed by atoms with Gasteiger partial charge in [0.1, 0.15) is 0 Å². The van der Waals surface area contributed by atoms with Crippen LogP contribution in [0.25, 0.3) is 0 Å². The van der Waals surface area contributed by atoms with Crippen molar-refractivity contribution in [2.45, 2.75) is 58.0 Å². The molecular formula is C32H44N4O4. The summed E-state index contributed by atoms with van der Waals surface area (Å²) in [5.74, 6) is 0.865. The lowest BCUT2D eigenvalue weighted by Gasteiger charge is -2.37. The topological polar surface area (TPSA) is 83.1 Å². The maximum Gasteiger partial charge on any atom is 0.228 e. The normalized spacial score (nSPS) is 23.0. The third-order valence-electron chi connectivity index (χ3n) is 8.91. The van der Waals surface area contributed by atoms with Crippen LogP contribution in [0.3, 0.4) is 0 Å². The Morgan fingerprint density at radius 3 is 2.48 bits per heavy atom. The molecule has 8 heteroatoms. The monoisotopic (exact) mass is 548 g/mol. The fraction of sp³-hybridized carbons (Fsp3) is 0.562. The number of benzene rings is 2. The zero-order valence-corrected chi connectivity index (χ0v) is 24.2. The second kappa shape index (κ2) is 13.0. The highest BCUT2D eigenvalue weighted by molar-refractivity contribution is 5.93. The molecule has 2 heterocycles. The molecule has 0 saturated carbocycles. The Hall–Kier alpha value is -3.10. The van der Waals surface area contributed by atoms with Gasteiger partial charge in [0.15, 0.2) is 11.5 Å². The van der Waals surface area contributed by atoms with Crippen LogP contribution in [0.1, 0.15) is 49.3 Å². The van der Waals surface area contributed by atoms with Gasteiger partial charge in [0.25, 0.3) is 0 Å². The van der Waals surface area contributed by atoms with Gasteiger partial charge in [-0.3, -0.25) is 19.4 Å². The zero-order chi connectivity index (χ0) is 28.1. The lowest BCUT2D eigenvalue weighted by molar-refractivity contribution is -0.130. The molecule has 8 nitrogen and oxygen atoms in total. The number of carbonyl (C=O) groups is 2. The van der Waals surface area contributed by atoms with Crippen molar-refractivity contribution in [1.29, 1.82) is 0 Å². The number of likely N-dealkylation sites (N-methyl/N-ethyl adjacent to an activating group) is 1. The number of rotatable bonds is 10. The van der Waals surface area contributed by atoms with Crippen LogP contribution in [0, 0.1) is 11.8 Å². The summed E-state index contributed by atoms with van der Waals surface area (Å²) >= 11 is 0. The predicted octanol–water partition coefficient (Wildman–Crippen LogP) is 3.87. The first-order chi connectivity index (χ1) is 19.5. The van der Waals surface area contributed by atoms with Gasteiger partial charge in [-0.1, -0.05) is 19.1 Å². The van der Waals surface area contributed by atoms with E-state index < -0.39 is 0 Å². The van der Waals surface area contributed by atoms with Crippen LogP contribution < -0.4 is 20.1 Å². The molecule has 1 aliphatic carbocycles. The molecular weight excluding hydrogens is 504 g/mol. The van der Waals surface area contributed by atoms with Crippen molar-refractivity contribution in [3.8, 4) is 11.5 Å². The van der Waals surface area contributed by atoms with E-state index in [0.29, 0.717) is 50.1 Å². The minimum absolute atomic E-state index is 0.0132. The van der Waals surface area contributed by atoms with E-state index in [1.807, 2.05) is 24.3 Å². The number of fused-ring (bicyclic) bond motifs is 1. The quantitative estimate of drug-likeness (QED) is 0.469. The average molecular weight is 549 g/mol. The highest BCUT2D eigenvalue weighted by Crippen LogP contribution is 2.31. The molecule has 3 aliphatic rings. The fourth-order valence-electron chi connectivity index (χ4n) is 6.74. The van der Waals surface area contributed by atoms with Crippen LogP contribution in [-0.4, -0.2) is 74.6 Å². The van der Waals surface area contributed by atoms with Crippen LogP contribution in [0.4, 0.5) is 5.69 Å². The van der Waals surface area contributed by atoms with E-state index in [1.54, 1.807) is 14.2 Å². The lowest BCUT2D eigenvalue weighted by Crippen LogP contribution is -2.50. The average Bonchev–Trinajstić information content (AvgIpc) is 3.64. The van der Waals surface area contributed by atoms with Gasteiger partial charge in [-0.15, -0.1) is 0 Å². The van der Waals surface area contributed by atoms with Crippen LogP contribution >= 0.6 is 0 Å². The summed E-state index contributed by atoms with van der Waals surface area (Å²) in [5, 5.41) is 6.41. The van der Waals surface area contributed by atoms with E-state index in [4.69, 9.17) is 9.47 Å². The van der Waals surface area contributed by atoms with Gasteiger partial charge >= 0.3 is 0 Å². The van der Waals surface area contributed by atoms with Crippen LogP contribution in [0.5, 0.6) is 11.5 Å². The molecule has 2 fully saturated rings. The third kappa shape index (κ3) is 6.61. The number of nitrogens with one attached hydrogen (secondary N) is 2. The van der Waals surface area contributed by atoms with Gasteiger partial charge in [-0.05, 0) is 92.6 Å². The van der Waals surface area contributed by atoms with Gasteiger partial charge in [-0.25, -0.2) is 0 Å². The first-order valence-corrected chi connectivity index (χ1v) is 14.8. The minimum Gasteiger partial charge on any atom is -0.493 e. The molecule has 40 heavy (non-hydrogen) atoms. The Morgan fingerprint density at radius 1 is 0.925 bits per heavy atom. The molecule has 0 aromatic heterocycles. The Kier molecular flexibility index (Phi) is 9.27. The Morgan fingerprint density at radius 2 is 1.70 bits per heavy atom. The van der Waals surface area contributed by atoms with Crippen molar-refractivity contribution in [3.05, 3.63) is 53.1 Å². The van der Waals surface area contributed by atoms with Gasteiger partial charge in [0, 0.05) is 37.9 Å². The molecule has 0 bridgehead atoms. The van der Waals surface area contributed by atoms with Crippen LogP contribution in [0.15, 0.2) is 36.4 Å². The van der Waals surface area contributed by atoms with E-state index in [9.17, 15) is 9.59 Å². The maximum atomic E-state index is 13.6. The third-order valence-corrected chi connectivity index (χ3v) is 8.91. The SMILES string of the molecule is CCN1CCC[C@H]1CNC(=O)[C@H]1C[C@@H](C(=O)Nc2ccc3c(c2)CCC3)CN(Cc2ccc(OC)c(OC)c2)C1. The molecule has 2 N–H and O–H groups in total. The summed E-state index contributed by atoms with van der Waals surface area (Å²) in [4.78, 5) is 31.7. The molecule has 0 spiro atoms. The maximum absolute atomic E-state index is 13.6. The number of hydrogen-bond donors (Lipinski definition) is 2. The van der Waals surface area contributed by atoms with E-state index in [-0.39, 0.29) is 23.7 Å². The zero-order valence-electron chi connectivity index (χ0n) is 24.2. The molecule has 2 aromatic carbocycles. The smallest absolute Gasteiger partial charge is 0.228 e. The Balaban J connectivity index is 1.29. The van der Waals surface area contributed by atoms with E-state index in [1.165, 1.54) is 24.0 Å². The standard InChI is InChI=1S/C32H44N4O4/c1-4-36-14-6-9-28(36)18-33-31(37)25-16-26(32(38)34-27-12-11-23-7-5-8-24(23)17-27)21-35(20-25)19-22-10-13-29(39-2)30(15-22)40-3/h10-13,15,17,25-26,28H,4-9,14,16,18-21H2,1-3H3,(H,33,37)(H,34,38)/t25-,26+,28-/m0/s1. The molecule has 2 amide bonds. The molecule has 2 aliphatic heterocycles. The number of carbonyl (C=O) groups excluding carboxylic acids is 2. The highest BCUT2D eigenvalue weighted by Gasteiger charge is 2.36. The summed E-state index contributed by atoms with van der Waals surface area (Å²) < 4.78 is 10.9. The van der Waals surface area contributed by atoms with Crippen LogP contribution in [0.2, 0.25) is 0 Å². The number of likely N-dealkylation sites (tertiary alicyclic amines) is 2. The number of aryl methyl sites for hydroxylation is 2. The second-order valence-electron chi connectivity index (χ2n) is 11.5. The Labute approximate surface area is 238 Å². The number of ether oxygens (including phenoxy) is 2. The number of methoxy groups -OCH3 is 2. The van der Waals surface area contributed by atoms with Crippen molar-refractivity contribution in [2.75, 3.05) is 52.3 Å². The van der Waals surface area contributed by atoms with Crippen molar-refractivity contribution in [2.24, 2.45) is 11.8 Å². The number of piperidine rings is 1. The predicted molar refractivity (Wildman–Crippen MR) is 157 cm³/mol. The van der Waals surface area contributed by atoms with E-state index in [0.717, 1.165) is 43.6 Å². The van der Waals surface area contributed by atoms with Crippen LogP contribution in [-0.2, 0) is 29.0 Å². The molecule has 2 saturated heterocycles. The summed E-state index contributed by atoms with van der Waals surface area (Å²) in [6.45, 7) is 6.80. The minimum atomic E-state index is -0.281. The molecule has 0 radical (unpaired) electrons. The van der Waals surface area contributed by atoms with E-state index >= 15 is 0 Å². The van der Waals surface area contributed by atoms with Crippen molar-refractivity contribution < 1.29 is 19.1 Å². The number of amides is 2. The highest BCUT2D eigenvalue weighted by atomic mass is 16.5. The van der Waals surface area contributed by atoms with Crippen molar-refractivity contribution >= 4 is 17.5 Å². The largest absolute Gasteiger partial charge is 0.493 e. The van der Waals surface area contributed by atoms with Gasteiger partial charge < -0.3 is 20.1 Å². The molecule has 0 unspecified atom stereocenters. The molecule has 5 rings (SSSR count). The number of hydrogen-bond acceptors (Lipinski definition) is 6. The number of anilines is 1. The van der Waals surface area contributed by atoms with E-state index in [2.05, 4.69) is 39.5 Å². The second-order valence-corrected chi connectivity index (χ2v) is 11.5. The summed E-state index contributed by atoms with van der Waals surface area (Å²) in [6.07, 6.45) is 6.21. The lowest BCUT2D eigenvalue weighted by atomic mass is 9.87. The number of nitrogens with zero attached hydrogens (tertiary/aromatic N) is 2. The van der Waals surface area contributed by atoms with Gasteiger partial charge in [0.05, 0.1) is 26.1 Å². The molecule has 3 atom stereocenters. The summed E-state index contributed by atoms with van der Waals surface area (Å²) in [5.41, 5.74) is 4.63. The summed E-state index contributed by atoms with van der Waals surface area (Å²) in [6, 6.07) is 12.6. The van der Waals surface area contributed by atoms with Gasteiger partial charge in [0.2, 0.25) is 11.8 Å². The molecule has 216 valence electrons. The van der Waals surface area contributed by atoms with Crippen molar-refractivity contribution in [3.63, 3.8) is 0 Å². The first kappa shape index (κ1) is 28.4. The first-order valence-electron chi connectivity index (χ1n) is 14.8. The fourth-order valence-corrected chi connectivity index (χ4v) is 6.74. The van der Waals surface area contributed by atoms with Crippen molar-refractivity contribution in [1.82, 2.24) is 15.1 Å². The summed E-state index contributed by atoms with van der Waals surface area (Å²) in [7, 11) is 3.26. The van der Waals surface area contributed by atoms with Gasteiger partial charge in [-0.2, -0.15) is 0 Å².